The van der Waals surface area contributed by atoms with Crippen LogP contribution in [0.3, 0.4) is 0 Å². The highest BCUT2D eigenvalue weighted by Crippen LogP contribution is 2.27. The monoisotopic (exact) mass is 259 g/mol. The van der Waals surface area contributed by atoms with Crippen molar-refractivity contribution in [3.63, 3.8) is 0 Å². The molecular weight excluding hydrogens is 246 g/mol. The van der Waals surface area contributed by atoms with E-state index in [-0.39, 0.29) is 23.6 Å². The number of Topliss-reactive ketones (excluding diaryl/α,β-unsaturated/α-hetero) is 1. The van der Waals surface area contributed by atoms with Gasteiger partial charge in [-0.25, -0.2) is 0 Å². The Morgan fingerprint density at radius 2 is 1.95 bits per heavy atom. The number of nitro groups is 1. The van der Waals surface area contributed by atoms with Gasteiger partial charge in [0.2, 0.25) is 0 Å². The highest BCUT2D eigenvalue weighted by Gasteiger charge is 2.39. The quantitative estimate of drug-likeness (QED) is 0.477. The zero-order valence-electron chi connectivity index (χ0n) is 10.1. The first-order valence-electron chi connectivity index (χ1n) is 5.65. The molecule has 19 heavy (non-hydrogen) atoms. The van der Waals surface area contributed by atoms with Gasteiger partial charge in [-0.15, -0.1) is 0 Å². The van der Waals surface area contributed by atoms with Crippen molar-refractivity contribution in [2.75, 3.05) is 0 Å². The van der Waals surface area contributed by atoms with Crippen molar-refractivity contribution in [3.8, 4) is 0 Å². The van der Waals surface area contributed by atoms with E-state index in [2.05, 4.69) is 0 Å². The maximum Gasteiger partial charge on any atom is 0.271 e. The highest BCUT2D eigenvalue weighted by molar-refractivity contribution is 6.04. The number of benzene rings is 1. The molecule has 0 heterocycles. The van der Waals surface area contributed by atoms with Crippen LogP contribution < -0.4 is 11.5 Å². The van der Waals surface area contributed by atoms with Crippen LogP contribution in [0, 0.1) is 10.1 Å². The molecule has 0 aliphatic heterocycles. The minimum atomic E-state index is -1.42. The summed E-state index contributed by atoms with van der Waals surface area (Å²) < 4.78 is 0. The molecule has 6 heteroatoms. The second-order valence-electron chi connectivity index (χ2n) is 4.40. The Morgan fingerprint density at radius 1 is 1.32 bits per heavy atom. The Hall–Kier alpha value is -2.47. The van der Waals surface area contributed by atoms with Gasteiger partial charge >= 0.3 is 0 Å². The smallest absolute Gasteiger partial charge is 0.271 e. The molecular formula is C13H13N3O3. The summed E-state index contributed by atoms with van der Waals surface area (Å²) in [6.07, 6.45) is 2.53. The van der Waals surface area contributed by atoms with Gasteiger partial charge in [0, 0.05) is 5.56 Å². The van der Waals surface area contributed by atoms with Crippen LogP contribution in [-0.4, -0.2) is 16.2 Å². The molecule has 0 radical (unpaired) electrons. The standard InChI is InChI=1S/C13H13N3O3/c14-10-6-7-13(15,8-11(10)16(18)19)12(17)9-4-2-1-3-5-9/h1-7H,8,14-15H2. The molecule has 0 amide bonds. The fourth-order valence-electron chi connectivity index (χ4n) is 1.96. The zero-order chi connectivity index (χ0) is 14.0. The number of carbonyl (C=O) groups excluding carboxylic acids is 1. The molecule has 1 atom stereocenters. The van der Waals surface area contributed by atoms with Crippen LogP contribution in [0.2, 0.25) is 0 Å². The van der Waals surface area contributed by atoms with E-state index in [0.29, 0.717) is 5.56 Å². The third-order valence-electron chi connectivity index (χ3n) is 3.03. The van der Waals surface area contributed by atoms with Crippen molar-refractivity contribution in [1.29, 1.82) is 0 Å². The lowest BCUT2D eigenvalue weighted by molar-refractivity contribution is -0.429. The van der Waals surface area contributed by atoms with E-state index < -0.39 is 10.5 Å². The summed E-state index contributed by atoms with van der Waals surface area (Å²) >= 11 is 0. The second kappa shape index (κ2) is 4.66. The van der Waals surface area contributed by atoms with E-state index in [1.54, 1.807) is 30.3 Å². The van der Waals surface area contributed by atoms with Crippen molar-refractivity contribution < 1.29 is 9.72 Å². The summed E-state index contributed by atoms with van der Waals surface area (Å²) in [5.41, 5.74) is 10.3. The van der Waals surface area contributed by atoms with Crippen molar-refractivity contribution in [2.45, 2.75) is 12.0 Å². The minimum absolute atomic E-state index is 0.0342. The number of hydrogen-bond acceptors (Lipinski definition) is 5. The fraction of sp³-hybridized carbons (Fsp3) is 0.154. The fourth-order valence-corrected chi connectivity index (χ4v) is 1.96. The SMILES string of the molecule is NC1=C([N+](=O)[O-])CC(N)(C(=O)c2ccccc2)C=C1. The molecule has 1 aliphatic carbocycles. The van der Waals surface area contributed by atoms with Gasteiger partial charge in [0.15, 0.2) is 5.78 Å². The van der Waals surface area contributed by atoms with Crippen molar-refractivity contribution in [1.82, 2.24) is 0 Å². The molecule has 98 valence electrons. The van der Waals surface area contributed by atoms with Gasteiger partial charge < -0.3 is 11.5 Å². The van der Waals surface area contributed by atoms with Gasteiger partial charge in [-0.1, -0.05) is 36.4 Å². The van der Waals surface area contributed by atoms with E-state index in [1.807, 2.05) is 0 Å². The second-order valence-corrected chi connectivity index (χ2v) is 4.40. The first-order valence-corrected chi connectivity index (χ1v) is 5.65. The molecule has 2 rings (SSSR count). The number of hydrogen-bond donors (Lipinski definition) is 2. The predicted octanol–water partition coefficient (Wildman–Crippen LogP) is 0.974. The maximum atomic E-state index is 12.3. The number of carbonyl (C=O) groups is 1. The summed E-state index contributed by atoms with van der Waals surface area (Å²) in [4.78, 5) is 22.6. The Bertz CT molecular complexity index is 592. The number of allylic oxidation sites excluding steroid dienone is 1. The third kappa shape index (κ3) is 2.38. The van der Waals surface area contributed by atoms with Crippen LogP contribution in [0.1, 0.15) is 16.8 Å². The lowest BCUT2D eigenvalue weighted by Gasteiger charge is -2.26. The van der Waals surface area contributed by atoms with Crippen LogP contribution in [0.15, 0.2) is 53.9 Å². The van der Waals surface area contributed by atoms with E-state index in [0.717, 1.165) is 0 Å². The molecule has 6 nitrogen and oxygen atoms in total. The summed E-state index contributed by atoms with van der Waals surface area (Å²) in [7, 11) is 0. The Balaban J connectivity index is 2.34. The molecule has 0 spiro atoms. The van der Waals surface area contributed by atoms with E-state index in [4.69, 9.17) is 11.5 Å². The summed E-state index contributed by atoms with van der Waals surface area (Å²) in [6.45, 7) is 0. The number of nitrogens with zero attached hydrogens (tertiary/aromatic N) is 1. The lowest BCUT2D eigenvalue weighted by Crippen LogP contribution is -2.48. The normalized spacial score (nSPS) is 22.4. The molecule has 0 fully saturated rings. The Labute approximate surface area is 109 Å². The largest absolute Gasteiger partial charge is 0.393 e. The number of ketones is 1. The average molecular weight is 259 g/mol. The maximum absolute atomic E-state index is 12.3. The van der Waals surface area contributed by atoms with E-state index in [1.165, 1.54) is 12.2 Å². The van der Waals surface area contributed by atoms with Crippen molar-refractivity contribution in [3.05, 3.63) is 69.6 Å². The molecule has 4 N–H and O–H groups in total. The molecule has 1 aromatic rings. The summed E-state index contributed by atoms with van der Waals surface area (Å²) in [5.74, 6) is -0.365. The zero-order valence-corrected chi connectivity index (χ0v) is 10.1. The van der Waals surface area contributed by atoms with Crippen LogP contribution in [0.4, 0.5) is 0 Å². The molecule has 0 aromatic heterocycles. The first kappa shape index (κ1) is 13.0. The molecule has 1 unspecified atom stereocenters. The summed E-state index contributed by atoms with van der Waals surface area (Å²) in [5, 5.41) is 10.9. The third-order valence-corrected chi connectivity index (χ3v) is 3.03. The highest BCUT2D eigenvalue weighted by atomic mass is 16.6. The topological polar surface area (TPSA) is 112 Å². The number of nitrogens with two attached hydrogens (primary N) is 2. The van der Waals surface area contributed by atoms with Crippen LogP contribution >= 0.6 is 0 Å². The lowest BCUT2D eigenvalue weighted by atomic mass is 9.82. The van der Waals surface area contributed by atoms with Crippen LogP contribution in [0.25, 0.3) is 0 Å². The molecule has 0 saturated heterocycles. The molecule has 1 aromatic carbocycles. The molecule has 1 aliphatic rings. The first-order chi connectivity index (χ1) is 8.94. The van der Waals surface area contributed by atoms with Crippen LogP contribution in [-0.2, 0) is 0 Å². The minimum Gasteiger partial charge on any atom is -0.393 e. The Kier molecular flexibility index (Phi) is 3.18. The average Bonchev–Trinajstić information content (AvgIpc) is 2.41. The van der Waals surface area contributed by atoms with Gasteiger partial charge in [-0.2, -0.15) is 0 Å². The molecule has 0 bridgehead atoms. The van der Waals surface area contributed by atoms with Crippen molar-refractivity contribution >= 4 is 5.78 Å². The van der Waals surface area contributed by atoms with Crippen molar-refractivity contribution in [2.24, 2.45) is 11.5 Å². The van der Waals surface area contributed by atoms with Gasteiger partial charge in [-0.3, -0.25) is 14.9 Å². The van der Waals surface area contributed by atoms with Gasteiger partial charge in [0.05, 0.1) is 11.3 Å². The van der Waals surface area contributed by atoms with Gasteiger partial charge in [0.25, 0.3) is 5.70 Å². The predicted molar refractivity (Wildman–Crippen MR) is 69.7 cm³/mol. The van der Waals surface area contributed by atoms with Gasteiger partial charge in [-0.05, 0) is 6.08 Å². The Morgan fingerprint density at radius 3 is 2.53 bits per heavy atom. The van der Waals surface area contributed by atoms with E-state index in [9.17, 15) is 14.9 Å². The summed E-state index contributed by atoms with van der Waals surface area (Å²) in [6, 6.07) is 8.44. The van der Waals surface area contributed by atoms with Crippen LogP contribution in [0.5, 0.6) is 0 Å². The number of rotatable bonds is 3. The van der Waals surface area contributed by atoms with Gasteiger partial charge in [0.1, 0.15) is 11.2 Å². The molecule has 0 saturated carbocycles. The van der Waals surface area contributed by atoms with E-state index >= 15 is 0 Å².